The third kappa shape index (κ3) is 8.30. The minimum Gasteiger partial charge on any atom is -0.475 e. The molecule has 0 fully saturated rings. The molecule has 0 saturated heterocycles. The predicted octanol–water partition coefficient (Wildman–Crippen LogP) is 4.26. The van der Waals surface area contributed by atoms with Crippen LogP contribution in [0.25, 0.3) is 11.1 Å². The average Bonchev–Trinajstić information content (AvgIpc) is 3.29. The van der Waals surface area contributed by atoms with Gasteiger partial charge in [0, 0.05) is 24.1 Å². The van der Waals surface area contributed by atoms with E-state index < -0.39 is 12.1 Å². The molecule has 0 aliphatic carbocycles. The first kappa shape index (κ1) is 25.4. The number of carboxylic acids is 1. The summed E-state index contributed by atoms with van der Waals surface area (Å²) in [5, 5.41) is 28.9. The number of nitrogens with zero attached hydrogens (tertiary/aromatic N) is 1. The number of halogens is 3. The van der Waals surface area contributed by atoms with Crippen molar-refractivity contribution in [1.82, 2.24) is 15.5 Å². The number of aliphatic carboxylic acids is 1. The third-order valence-electron chi connectivity index (χ3n) is 4.38. The molecule has 176 valence electrons. The Hall–Kier alpha value is -3.86. The van der Waals surface area contributed by atoms with Gasteiger partial charge in [0.25, 0.3) is 0 Å². The summed E-state index contributed by atoms with van der Waals surface area (Å²) in [5.74, 6) is -2.76. The first-order valence-electron chi connectivity index (χ1n) is 9.74. The predicted molar refractivity (Wildman–Crippen MR) is 115 cm³/mol. The number of aromatic amines is 1. The second-order valence-electron chi connectivity index (χ2n) is 6.94. The number of carboxylic acid groups (broad SMARTS) is 1. The van der Waals surface area contributed by atoms with E-state index in [9.17, 15) is 23.1 Å². The Bertz CT molecular complexity index is 1040. The van der Waals surface area contributed by atoms with Crippen LogP contribution in [0, 0.1) is 6.92 Å². The molecule has 11 heteroatoms. The molecule has 33 heavy (non-hydrogen) atoms. The van der Waals surface area contributed by atoms with Crippen molar-refractivity contribution >= 4 is 17.7 Å². The molecule has 1 aromatic heterocycles. The highest BCUT2D eigenvalue weighted by molar-refractivity contribution is 5.89. The van der Waals surface area contributed by atoms with E-state index in [1.807, 2.05) is 61.7 Å². The maximum absolute atomic E-state index is 12.4. The van der Waals surface area contributed by atoms with E-state index in [-0.39, 0.29) is 18.7 Å². The Morgan fingerprint density at radius 3 is 2.30 bits per heavy atom. The zero-order valence-corrected chi connectivity index (χ0v) is 17.6. The average molecular weight is 464 g/mol. The van der Waals surface area contributed by atoms with Crippen LogP contribution in [0.5, 0.6) is 0 Å². The smallest absolute Gasteiger partial charge is 0.475 e. The van der Waals surface area contributed by atoms with Gasteiger partial charge in [-0.15, -0.1) is 0 Å². The number of carbonyl (C=O) groups excluding carboxylic acids is 1. The van der Waals surface area contributed by atoms with Crippen molar-refractivity contribution in [3.05, 3.63) is 72.1 Å². The van der Waals surface area contributed by atoms with E-state index in [2.05, 4.69) is 20.8 Å². The summed E-state index contributed by atoms with van der Waals surface area (Å²) < 4.78 is 31.7. The molecule has 5 N–H and O–H groups in total. The van der Waals surface area contributed by atoms with E-state index in [0.29, 0.717) is 12.1 Å². The number of hydrogen-bond acceptors (Lipinski definition) is 4. The van der Waals surface area contributed by atoms with Gasteiger partial charge in [0.05, 0.1) is 12.2 Å². The lowest BCUT2D eigenvalue weighted by atomic mass is 10.0. The molecular weight excluding hydrogens is 441 g/mol. The molecule has 1 unspecified atom stereocenters. The van der Waals surface area contributed by atoms with Crippen LogP contribution in [0.2, 0.25) is 0 Å². The van der Waals surface area contributed by atoms with Crippen molar-refractivity contribution in [3.63, 3.8) is 0 Å². The fourth-order valence-corrected chi connectivity index (χ4v) is 2.82. The number of aliphatic hydroxyl groups is 1. The zero-order chi connectivity index (χ0) is 24.4. The van der Waals surface area contributed by atoms with Crippen LogP contribution in [0.1, 0.15) is 23.6 Å². The van der Waals surface area contributed by atoms with E-state index in [4.69, 9.17) is 9.90 Å². The number of aliphatic hydroxyl groups excluding tert-OH is 1. The minimum atomic E-state index is -5.08. The first-order chi connectivity index (χ1) is 15.6. The first-order valence-corrected chi connectivity index (χ1v) is 9.74. The fourth-order valence-electron chi connectivity index (χ4n) is 2.82. The van der Waals surface area contributed by atoms with Gasteiger partial charge in [-0.2, -0.15) is 18.3 Å². The summed E-state index contributed by atoms with van der Waals surface area (Å²) in [7, 11) is 0. The molecular formula is C22H23F3N4O4. The molecule has 8 nitrogen and oxygen atoms in total. The van der Waals surface area contributed by atoms with Crippen LogP contribution in [-0.2, 0) is 4.79 Å². The van der Waals surface area contributed by atoms with E-state index in [1.165, 1.54) is 0 Å². The number of nitrogens with one attached hydrogen (secondary N) is 3. The largest absolute Gasteiger partial charge is 0.490 e. The van der Waals surface area contributed by atoms with Crippen LogP contribution in [0.3, 0.4) is 0 Å². The maximum Gasteiger partial charge on any atom is 0.490 e. The number of urea groups is 1. The van der Waals surface area contributed by atoms with Crippen molar-refractivity contribution in [2.24, 2.45) is 0 Å². The van der Waals surface area contributed by atoms with Crippen molar-refractivity contribution in [1.29, 1.82) is 0 Å². The summed E-state index contributed by atoms with van der Waals surface area (Å²) in [6, 6.07) is 14.9. The van der Waals surface area contributed by atoms with Crippen LogP contribution >= 0.6 is 0 Å². The quantitative estimate of drug-likeness (QED) is 0.372. The van der Waals surface area contributed by atoms with Gasteiger partial charge in [-0.25, -0.2) is 9.59 Å². The third-order valence-corrected chi connectivity index (χ3v) is 4.38. The summed E-state index contributed by atoms with van der Waals surface area (Å²) >= 11 is 0. The SMILES string of the molecule is Cc1cccc(C(CCO)NC(=O)Nc2ccc(-c3cn[nH]c3)cc2)c1.O=C(O)C(F)(F)F. The number of alkyl halides is 3. The summed E-state index contributed by atoms with van der Waals surface area (Å²) in [6.45, 7) is 2.00. The molecule has 0 bridgehead atoms. The molecule has 0 spiro atoms. The lowest BCUT2D eigenvalue weighted by molar-refractivity contribution is -0.192. The van der Waals surface area contributed by atoms with Crippen molar-refractivity contribution < 1.29 is 33.0 Å². The van der Waals surface area contributed by atoms with E-state index >= 15 is 0 Å². The second kappa shape index (κ2) is 11.7. The zero-order valence-electron chi connectivity index (χ0n) is 17.6. The maximum atomic E-state index is 12.4. The lowest BCUT2D eigenvalue weighted by Gasteiger charge is -2.19. The van der Waals surface area contributed by atoms with Gasteiger partial charge in [0.15, 0.2) is 0 Å². The van der Waals surface area contributed by atoms with Crippen molar-refractivity contribution in [3.8, 4) is 11.1 Å². The lowest BCUT2D eigenvalue weighted by Crippen LogP contribution is -2.33. The van der Waals surface area contributed by atoms with Crippen molar-refractivity contribution in [2.45, 2.75) is 25.6 Å². The highest BCUT2D eigenvalue weighted by Gasteiger charge is 2.38. The number of aryl methyl sites for hydroxylation is 1. The molecule has 0 aliphatic heterocycles. The number of carbonyl (C=O) groups is 2. The Labute approximate surface area is 187 Å². The highest BCUT2D eigenvalue weighted by Crippen LogP contribution is 2.21. The Morgan fingerprint density at radius 1 is 1.12 bits per heavy atom. The second-order valence-corrected chi connectivity index (χ2v) is 6.94. The minimum absolute atomic E-state index is 0.00170. The number of amides is 2. The molecule has 2 amide bonds. The molecule has 0 saturated carbocycles. The molecule has 3 rings (SSSR count). The van der Waals surface area contributed by atoms with Gasteiger partial charge in [0.1, 0.15) is 0 Å². The fraction of sp³-hybridized carbons (Fsp3) is 0.227. The van der Waals surface area contributed by atoms with E-state index in [0.717, 1.165) is 22.3 Å². The summed E-state index contributed by atoms with van der Waals surface area (Å²) in [4.78, 5) is 21.2. The number of hydrogen-bond donors (Lipinski definition) is 5. The van der Waals surface area contributed by atoms with E-state index in [1.54, 1.807) is 6.20 Å². The van der Waals surface area contributed by atoms with Crippen LogP contribution in [-0.4, -0.2) is 45.2 Å². The van der Waals surface area contributed by atoms with Crippen LogP contribution in [0.4, 0.5) is 23.7 Å². The number of benzene rings is 2. The highest BCUT2D eigenvalue weighted by atomic mass is 19.4. The number of H-pyrrole nitrogens is 1. The topological polar surface area (TPSA) is 127 Å². The van der Waals surface area contributed by atoms with Gasteiger partial charge in [-0.3, -0.25) is 5.10 Å². The van der Waals surface area contributed by atoms with Crippen LogP contribution < -0.4 is 10.6 Å². The summed E-state index contributed by atoms with van der Waals surface area (Å²) in [5.41, 5.74) is 4.79. The van der Waals surface area contributed by atoms with Gasteiger partial charge in [0.2, 0.25) is 0 Å². The molecule has 0 aliphatic rings. The van der Waals surface area contributed by atoms with Gasteiger partial charge in [-0.1, -0.05) is 42.0 Å². The Kier molecular flexibility index (Phi) is 8.98. The molecule has 0 radical (unpaired) electrons. The Balaban J connectivity index is 0.000000479. The molecule has 3 aromatic rings. The molecule has 2 aromatic carbocycles. The number of aromatic nitrogens is 2. The molecule has 1 heterocycles. The van der Waals surface area contributed by atoms with Crippen LogP contribution in [0.15, 0.2) is 60.9 Å². The molecule has 1 atom stereocenters. The van der Waals surface area contributed by atoms with Gasteiger partial charge in [-0.05, 0) is 36.6 Å². The van der Waals surface area contributed by atoms with Crippen molar-refractivity contribution in [2.75, 3.05) is 11.9 Å². The Morgan fingerprint density at radius 2 is 1.79 bits per heavy atom. The monoisotopic (exact) mass is 464 g/mol. The van der Waals surface area contributed by atoms with Gasteiger partial charge >= 0.3 is 18.2 Å². The van der Waals surface area contributed by atoms with Gasteiger partial charge < -0.3 is 20.8 Å². The summed E-state index contributed by atoms with van der Waals surface area (Å²) in [6.07, 6.45) is -1.07. The number of anilines is 1. The standard InChI is InChI=1S/C20H22N4O2.C2HF3O2/c1-14-3-2-4-16(11-14)19(9-10-25)24-20(26)23-18-7-5-15(6-8-18)17-12-21-22-13-17;3-2(4,5)1(6)7/h2-8,11-13,19,25H,9-10H2,1H3,(H,21,22)(H2,23,24,26);(H,6,7). The number of rotatable bonds is 6. The normalized spacial score (nSPS) is 11.7.